The van der Waals surface area contributed by atoms with Gasteiger partial charge in [-0.15, -0.1) is 0 Å². The highest BCUT2D eigenvalue weighted by molar-refractivity contribution is 5.95. The molecule has 0 bridgehead atoms. The van der Waals surface area contributed by atoms with Crippen molar-refractivity contribution in [1.29, 1.82) is 0 Å². The van der Waals surface area contributed by atoms with Crippen molar-refractivity contribution in [2.24, 2.45) is 0 Å². The first-order chi connectivity index (χ1) is 14.1. The van der Waals surface area contributed by atoms with Gasteiger partial charge in [0.1, 0.15) is 17.3 Å². The van der Waals surface area contributed by atoms with Gasteiger partial charge in [0.2, 0.25) is 0 Å². The van der Waals surface area contributed by atoms with Gasteiger partial charge in [-0.25, -0.2) is 4.39 Å². The largest absolute Gasteiger partial charge is 0.481 e. The summed E-state index contributed by atoms with van der Waals surface area (Å²) in [7, 11) is 0. The molecule has 1 N–H and O–H groups in total. The highest BCUT2D eigenvalue weighted by atomic mass is 19.1. The van der Waals surface area contributed by atoms with Gasteiger partial charge in [-0.3, -0.25) is 4.79 Å². The number of hydrogen-bond donors (Lipinski definition) is 1. The molecule has 0 heterocycles. The normalized spacial score (nSPS) is 10.8. The minimum atomic E-state index is -0.815. The molecule has 0 fully saturated rings. The number of ether oxygens (including phenoxy) is 1. The molecule has 4 rings (SSSR count). The molecule has 0 unspecified atom stereocenters. The maximum atomic E-state index is 13.4. The number of aryl methyl sites for hydroxylation is 1. The fourth-order valence-corrected chi connectivity index (χ4v) is 3.30. The van der Waals surface area contributed by atoms with Gasteiger partial charge in [0.25, 0.3) is 0 Å². The minimum Gasteiger partial charge on any atom is -0.481 e. The van der Waals surface area contributed by atoms with Gasteiger partial charge in [-0.05, 0) is 53.3 Å². The van der Waals surface area contributed by atoms with Crippen molar-refractivity contribution in [1.82, 2.24) is 0 Å². The number of halogens is 1. The SMILES string of the molecule is O=C(O)CCc1ccc(Oc2c(-c3ccc(F)cc3)ccc3ccccc23)cc1. The van der Waals surface area contributed by atoms with E-state index in [9.17, 15) is 9.18 Å². The van der Waals surface area contributed by atoms with Crippen LogP contribution in [0, 0.1) is 5.82 Å². The zero-order valence-electron chi connectivity index (χ0n) is 15.6. The van der Waals surface area contributed by atoms with Crippen LogP contribution in [0.4, 0.5) is 4.39 Å². The molecule has 4 heteroatoms. The second kappa shape index (κ2) is 8.15. The molecule has 0 spiro atoms. The second-order valence-corrected chi connectivity index (χ2v) is 6.81. The van der Waals surface area contributed by atoms with Gasteiger partial charge in [0, 0.05) is 17.4 Å². The Kier molecular flexibility index (Phi) is 5.25. The van der Waals surface area contributed by atoms with Gasteiger partial charge < -0.3 is 9.84 Å². The van der Waals surface area contributed by atoms with E-state index in [4.69, 9.17) is 9.84 Å². The molecule has 0 aliphatic heterocycles. The third-order valence-corrected chi connectivity index (χ3v) is 4.81. The minimum absolute atomic E-state index is 0.0955. The maximum Gasteiger partial charge on any atom is 0.303 e. The monoisotopic (exact) mass is 386 g/mol. The topological polar surface area (TPSA) is 46.5 Å². The molecular formula is C25H19FO3. The molecule has 0 aliphatic carbocycles. The molecule has 0 atom stereocenters. The molecule has 0 aromatic heterocycles. The number of benzene rings is 4. The highest BCUT2D eigenvalue weighted by Gasteiger charge is 2.12. The van der Waals surface area contributed by atoms with E-state index < -0.39 is 5.97 Å². The van der Waals surface area contributed by atoms with Crippen LogP contribution in [-0.4, -0.2) is 11.1 Å². The second-order valence-electron chi connectivity index (χ2n) is 6.81. The van der Waals surface area contributed by atoms with Crippen molar-refractivity contribution >= 4 is 16.7 Å². The molecule has 0 saturated heterocycles. The zero-order chi connectivity index (χ0) is 20.2. The van der Waals surface area contributed by atoms with Crippen molar-refractivity contribution in [3.05, 3.63) is 96.3 Å². The van der Waals surface area contributed by atoms with E-state index in [0.29, 0.717) is 17.9 Å². The number of hydrogen-bond acceptors (Lipinski definition) is 2. The molecule has 3 nitrogen and oxygen atoms in total. The first kappa shape index (κ1) is 18.7. The first-order valence-corrected chi connectivity index (χ1v) is 9.36. The third kappa shape index (κ3) is 4.27. The first-order valence-electron chi connectivity index (χ1n) is 9.36. The van der Waals surface area contributed by atoms with E-state index in [2.05, 4.69) is 0 Å². The van der Waals surface area contributed by atoms with E-state index in [0.717, 1.165) is 27.5 Å². The van der Waals surface area contributed by atoms with Crippen molar-refractivity contribution < 1.29 is 19.0 Å². The summed E-state index contributed by atoms with van der Waals surface area (Å²) in [4.78, 5) is 10.8. The smallest absolute Gasteiger partial charge is 0.303 e. The van der Waals surface area contributed by atoms with Crippen LogP contribution < -0.4 is 4.74 Å². The molecule has 29 heavy (non-hydrogen) atoms. The standard InChI is InChI=1S/C25H19FO3/c26-20-11-8-19(9-12-20)23-15-10-18-3-1-2-4-22(18)25(23)29-21-13-5-17(6-14-21)7-16-24(27)28/h1-6,8-15H,7,16H2,(H,27,28). The molecule has 0 aliphatic rings. The van der Waals surface area contributed by atoms with Crippen LogP contribution in [0.1, 0.15) is 12.0 Å². The predicted molar refractivity (Wildman–Crippen MR) is 112 cm³/mol. The van der Waals surface area contributed by atoms with Gasteiger partial charge in [0.15, 0.2) is 0 Å². The van der Waals surface area contributed by atoms with Crippen molar-refractivity contribution in [2.45, 2.75) is 12.8 Å². The quantitative estimate of drug-likeness (QED) is 0.414. The van der Waals surface area contributed by atoms with Gasteiger partial charge >= 0.3 is 5.97 Å². The zero-order valence-corrected chi connectivity index (χ0v) is 15.6. The number of aliphatic carboxylic acids is 1. The number of fused-ring (bicyclic) bond motifs is 1. The summed E-state index contributed by atoms with van der Waals surface area (Å²) in [6.07, 6.45) is 0.572. The summed E-state index contributed by atoms with van der Waals surface area (Å²) in [6.45, 7) is 0. The lowest BCUT2D eigenvalue weighted by Gasteiger charge is -2.15. The average molecular weight is 386 g/mol. The highest BCUT2D eigenvalue weighted by Crippen LogP contribution is 2.39. The Hall–Kier alpha value is -3.66. The lowest BCUT2D eigenvalue weighted by molar-refractivity contribution is -0.136. The van der Waals surface area contributed by atoms with Gasteiger partial charge in [-0.1, -0.05) is 54.6 Å². The van der Waals surface area contributed by atoms with E-state index in [1.54, 1.807) is 12.1 Å². The van der Waals surface area contributed by atoms with Crippen LogP contribution in [0.5, 0.6) is 11.5 Å². The summed E-state index contributed by atoms with van der Waals surface area (Å²) < 4.78 is 19.7. The molecule has 144 valence electrons. The van der Waals surface area contributed by atoms with Crippen LogP contribution in [-0.2, 0) is 11.2 Å². The Labute approximate surface area is 168 Å². The van der Waals surface area contributed by atoms with Crippen molar-refractivity contribution in [3.63, 3.8) is 0 Å². The van der Waals surface area contributed by atoms with Crippen LogP contribution in [0.25, 0.3) is 21.9 Å². The number of carboxylic acid groups (broad SMARTS) is 1. The van der Waals surface area contributed by atoms with Crippen LogP contribution in [0.3, 0.4) is 0 Å². The predicted octanol–water partition coefficient (Wildman–Crippen LogP) is 6.46. The summed E-state index contributed by atoms with van der Waals surface area (Å²) in [5.41, 5.74) is 2.68. The van der Waals surface area contributed by atoms with Crippen molar-refractivity contribution in [3.8, 4) is 22.6 Å². The molecule has 0 saturated carbocycles. The summed E-state index contributed by atoms with van der Waals surface area (Å²) in [6, 6.07) is 25.7. The van der Waals surface area contributed by atoms with Gasteiger partial charge in [-0.2, -0.15) is 0 Å². The Bertz CT molecular complexity index is 1150. The molecule has 4 aromatic carbocycles. The number of carbonyl (C=O) groups is 1. The van der Waals surface area contributed by atoms with E-state index in [1.165, 1.54) is 12.1 Å². The van der Waals surface area contributed by atoms with Gasteiger partial charge in [0.05, 0.1) is 0 Å². The fourth-order valence-electron chi connectivity index (χ4n) is 3.30. The van der Waals surface area contributed by atoms with Crippen LogP contribution >= 0.6 is 0 Å². The van der Waals surface area contributed by atoms with Crippen molar-refractivity contribution in [2.75, 3.05) is 0 Å². The van der Waals surface area contributed by atoms with Crippen LogP contribution in [0.15, 0.2) is 84.9 Å². The lowest BCUT2D eigenvalue weighted by atomic mass is 9.99. The summed E-state index contributed by atoms with van der Waals surface area (Å²) in [5, 5.41) is 10.8. The number of carboxylic acids is 1. The maximum absolute atomic E-state index is 13.4. The third-order valence-electron chi connectivity index (χ3n) is 4.81. The average Bonchev–Trinajstić information content (AvgIpc) is 2.74. The fraction of sp³-hybridized carbons (Fsp3) is 0.0800. The Morgan fingerprint density at radius 2 is 1.59 bits per heavy atom. The van der Waals surface area contributed by atoms with Crippen LogP contribution in [0.2, 0.25) is 0 Å². The molecule has 0 radical (unpaired) electrons. The Morgan fingerprint density at radius 1 is 0.862 bits per heavy atom. The lowest BCUT2D eigenvalue weighted by Crippen LogP contribution is -1.97. The molecule has 0 amide bonds. The van der Waals surface area contributed by atoms with E-state index >= 15 is 0 Å². The van der Waals surface area contributed by atoms with E-state index in [-0.39, 0.29) is 12.2 Å². The van der Waals surface area contributed by atoms with E-state index in [1.807, 2.05) is 60.7 Å². The Balaban J connectivity index is 1.72. The molecule has 4 aromatic rings. The summed E-state index contributed by atoms with van der Waals surface area (Å²) in [5.74, 6) is 0.260. The molecular weight excluding hydrogens is 367 g/mol. The Morgan fingerprint density at radius 3 is 2.31 bits per heavy atom. The number of rotatable bonds is 6. The summed E-state index contributed by atoms with van der Waals surface area (Å²) >= 11 is 0.